The highest BCUT2D eigenvalue weighted by Crippen LogP contribution is 2.28. The minimum absolute atomic E-state index is 0.171. The molecule has 0 atom stereocenters. The smallest absolute Gasteiger partial charge is 0.244 e. The summed E-state index contributed by atoms with van der Waals surface area (Å²) in [6.07, 6.45) is 1.72. The second-order valence-corrected chi connectivity index (χ2v) is 5.50. The molecule has 0 aliphatic rings. The van der Waals surface area contributed by atoms with E-state index in [2.05, 4.69) is 10.5 Å². The summed E-state index contributed by atoms with van der Waals surface area (Å²) in [6.45, 7) is 2.46. The summed E-state index contributed by atoms with van der Waals surface area (Å²) >= 11 is 0. The maximum atomic E-state index is 12.1. The highest BCUT2D eigenvalue weighted by atomic mass is 16.5. The molecule has 0 fully saturated rings. The second-order valence-electron chi connectivity index (χ2n) is 5.50. The average molecular weight is 372 g/mol. The number of rotatable bonds is 9. The zero-order chi connectivity index (χ0) is 19.6. The number of nitrogens with zero attached hydrogens (tertiary/aromatic N) is 1. The van der Waals surface area contributed by atoms with Crippen molar-refractivity contribution in [2.45, 2.75) is 13.3 Å². The van der Waals surface area contributed by atoms with Gasteiger partial charge in [-0.05, 0) is 48.4 Å². The molecular weight excluding hydrogens is 348 g/mol. The zero-order valence-corrected chi connectivity index (χ0v) is 15.9. The summed E-state index contributed by atoms with van der Waals surface area (Å²) in [5, 5.41) is 3.99. The first-order chi connectivity index (χ1) is 13.1. The monoisotopic (exact) mass is 372 g/mol. The Kier molecular flexibility index (Phi) is 7.49. The van der Waals surface area contributed by atoms with Gasteiger partial charge in [0.05, 0.1) is 40.6 Å². The van der Waals surface area contributed by atoms with Gasteiger partial charge in [0.2, 0.25) is 5.91 Å². The van der Waals surface area contributed by atoms with Crippen molar-refractivity contribution in [2.24, 2.45) is 5.10 Å². The van der Waals surface area contributed by atoms with Crippen LogP contribution in [0.4, 0.5) is 0 Å². The molecule has 0 spiro atoms. The van der Waals surface area contributed by atoms with Crippen LogP contribution >= 0.6 is 0 Å². The van der Waals surface area contributed by atoms with Gasteiger partial charge in [0.25, 0.3) is 0 Å². The molecule has 0 aliphatic carbocycles. The molecule has 0 aromatic heterocycles. The molecule has 2 aromatic carbocycles. The summed E-state index contributed by atoms with van der Waals surface area (Å²) in [5.41, 5.74) is 4.08. The molecule has 7 nitrogen and oxygen atoms in total. The molecule has 0 saturated carbocycles. The van der Waals surface area contributed by atoms with Gasteiger partial charge in [-0.3, -0.25) is 4.79 Å². The Morgan fingerprint density at radius 2 is 1.63 bits per heavy atom. The summed E-state index contributed by atoms with van der Waals surface area (Å²) in [6, 6.07) is 10.7. The van der Waals surface area contributed by atoms with E-state index in [1.807, 2.05) is 19.1 Å². The molecule has 1 N–H and O–H groups in total. The zero-order valence-electron chi connectivity index (χ0n) is 15.9. The summed E-state index contributed by atoms with van der Waals surface area (Å²) in [7, 11) is 4.69. The molecule has 0 bridgehead atoms. The fourth-order valence-corrected chi connectivity index (χ4v) is 2.43. The molecule has 0 aliphatic heterocycles. The fourth-order valence-electron chi connectivity index (χ4n) is 2.43. The van der Waals surface area contributed by atoms with Gasteiger partial charge in [0.15, 0.2) is 23.0 Å². The minimum atomic E-state index is -0.239. The van der Waals surface area contributed by atoms with Crippen molar-refractivity contribution in [1.29, 1.82) is 0 Å². The van der Waals surface area contributed by atoms with Gasteiger partial charge in [-0.15, -0.1) is 0 Å². The van der Waals surface area contributed by atoms with E-state index in [9.17, 15) is 4.79 Å². The van der Waals surface area contributed by atoms with E-state index in [0.717, 1.165) is 11.1 Å². The lowest BCUT2D eigenvalue weighted by Gasteiger charge is -2.09. The van der Waals surface area contributed by atoms with Crippen LogP contribution < -0.4 is 24.4 Å². The highest BCUT2D eigenvalue weighted by Gasteiger charge is 2.08. The predicted octanol–water partition coefficient (Wildman–Crippen LogP) is 2.80. The van der Waals surface area contributed by atoms with Crippen LogP contribution in [0.5, 0.6) is 23.0 Å². The first kappa shape index (κ1) is 20.1. The van der Waals surface area contributed by atoms with Crippen LogP contribution in [0.2, 0.25) is 0 Å². The Hall–Kier alpha value is -3.22. The third-order valence-corrected chi connectivity index (χ3v) is 3.70. The first-order valence-electron chi connectivity index (χ1n) is 8.44. The predicted molar refractivity (Wildman–Crippen MR) is 103 cm³/mol. The maximum Gasteiger partial charge on any atom is 0.244 e. The average Bonchev–Trinajstić information content (AvgIpc) is 2.69. The van der Waals surface area contributed by atoms with E-state index in [4.69, 9.17) is 18.9 Å². The van der Waals surface area contributed by atoms with Crippen molar-refractivity contribution in [3.63, 3.8) is 0 Å². The fraction of sp³-hybridized carbons (Fsp3) is 0.300. The van der Waals surface area contributed by atoms with Crippen molar-refractivity contribution in [1.82, 2.24) is 5.43 Å². The van der Waals surface area contributed by atoms with Gasteiger partial charge >= 0.3 is 0 Å². The molecule has 144 valence electrons. The van der Waals surface area contributed by atoms with Crippen LogP contribution in [0.1, 0.15) is 18.1 Å². The van der Waals surface area contributed by atoms with Gasteiger partial charge in [0, 0.05) is 0 Å². The summed E-state index contributed by atoms with van der Waals surface area (Å²) in [4.78, 5) is 12.1. The van der Waals surface area contributed by atoms with E-state index in [0.29, 0.717) is 29.6 Å². The van der Waals surface area contributed by atoms with Crippen molar-refractivity contribution >= 4 is 12.1 Å². The molecule has 7 heteroatoms. The van der Waals surface area contributed by atoms with Crippen LogP contribution in [0, 0.1) is 0 Å². The number of hydrogen-bond acceptors (Lipinski definition) is 6. The van der Waals surface area contributed by atoms with Crippen molar-refractivity contribution in [2.75, 3.05) is 27.9 Å². The van der Waals surface area contributed by atoms with E-state index < -0.39 is 0 Å². The molecule has 2 aromatic rings. The Balaban J connectivity index is 1.97. The van der Waals surface area contributed by atoms with Crippen LogP contribution in [0.25, 0.3) is 0 Å². The van der Waals surface area contributed by atoms with Gasteiger partial charge in [-0.25, -0.2) is 5.43 Å². The number of methoxy groups -OCH3 is 3. The Bertz CT molecular complexity index is 805. The van der Waals surface area contributed by atoms with Crippen LogP contribution in [0.3, 0.4) is 0 Å². The van der Waals surface area contributed by atoms with Crippen LogP contribution in [0.15, 0.2) is 41.5 Å². The highest BCUT2D eigenvalue weighted by molar-refractivity contribution is 5.84. The van der Waals surface area contributed by atoms with Gasteiger partial charge in [0.1, 0.15) is 0 Å². The number of carbonyl (C=O) groups excluding carboxylic acids is 1. The first-order valence-corrected chi connectivity index (χ1v) is 8.44. The van der Waals surface area contributed by atoms with Crippen LogP contribution in [-0.4, -0.2) is 40.1 Å². The van der Waals surface area contributed by atoms with Crippen molar-refractivity contribution in [3.05, 3.63) is 47.5 Å². The molecule has 27 heavy (non-hydrogen) atoms. The molecule has 0 unspecified atom stereocenters. The Morgan fingerprint density at radius 3 is 2.30 bits per heavy atom. The quantitative estimate of drug-likeness (QED) is 0.541. The summed E-state index contributed by atoms with van der Waals surface area (Å²) in [5.74, 6) is 2.22. The van der Waals surface area contributed by atoms with Crippen LogP contribution in [-0.2, 0) is 11.2 Å². The number of ether oxygens (including phenoxy) is 4. The molecule has 0 saturated heterocycles. The number of hydrazone groups is 1. The lowest BCUT2D eigenvalue weighted by atomic mass is 10.1. The molecule has 1 amide bonds. The van der Waals surface area contributed by atoms with Gasteiger partial charge in [-0.1, -0.05) is 6.07 Å². The summed E-state index contributed by atoms with van der Waals surface area (Å²) < 4.78 is 21.2. The number of nitrogens with one attached hydrogen (secondary N) is 1. The number of amides is 1. The number of benzene rings is 2. The van der Waals surface area contributed by atoms with Gasteiger partial charge in [-0.2, -0.15) is 5.10 Å². The van der Waals surface area contributed by atoms with E-state index in [-0.39, 0.29) is 12.3 Å². The lowest BCUT2D eigenvalue weighted by molar-refractivity contribution is -0.120. The number of hydrogen-bond donors (Lipinski definition) is 1. The molecule has 2 rings (SSSR count). The van der Waals surface area contributed by atoms with E-state index in [1.165, 1.54) is 0 Å². The topological polar surface area (TPSA) is 78.4 Å². The molecule has 0 heterocycles. The standard InChI is InChI=1S/C20H24N2O5/c1-5-27-17-9-7-15(11-19(17)26-4)13-21-22-20(23)12-14-6-8-16(24-2)18(10-14)25-3/h6-11,13H,5,12H2,1-4H3,(H,22,23)/b21-13+. The number of carbonyl (C=O) groups is 1. The Morgan fingerprint density at radius 1 is 0.963 bits per heavy atom. The lowest BCUT2D eigenvalue weighted by Crippen LogP contribution is -2.19. The molecular formula is C20H24N2O5. The van der Waals surface area contributed by atoms with Gasteiger partial charge < -0.3 is 18.9 Å². The van der Waals surface area contributed by atoms with E-state index in [1.54, 1.807) is 51.8 Å². The normalized spacial score (nSPS) is 10.5. The third kappa shape index (κ3) is 5.64. The minimum Gasteiger partial charge on any atom is -0.493 e. The van der Waals surface area contributed by atoms with Crippen molar-refractivity contribution in [3.8, 4) is 23.0 Å². The third-order valence-electron chi connectivity index (χ3n) is 3.70. The second kappa shape index (κ2) is 10.1. The Labute approximate surface area is 158 Å². The SMILES string of the molecule is CCOc1ccc(/C=N/NC(=O)Cc2ccc(OC)c(OC)c2)cc1OC. The van der Waals surface area contributed by atoms with Crippen molar-refractivity contribution < 1.29 is 23.7 Å². The molecule has 0 radical (unpaired) electrons. The largest absolute Gasteiger partial charge is 0.493 e. The maximum absolute atomic E-state index is 12.1. The van der Waals surface area contributed by atoms with E-state index >= 15 is 0 Å².